The Balaban J connectivity index is 2.17. The largest absolute Gasteiger partial charge is 0.322 e. The van der Waals surface area contributed by atoms with Crippen LogP contribution in [0, 0.1) is 10.1 Å². The number of rotatable bonds is 3. The minimum absolute atomic E-state index is 0.0765. The van der Waals surface area contributed by atoms with Gasteiger partial charge in [-0.25, -0.2) is 0 Å². The predicted molar refractivity (Wildman–Crippen MR) is 77.5 cm³/mol. The van der Waals surface area contributed by atoms with Crippen LogP contribution in [-0.2, 0) is 0 Å². The van der Waals surface area contributed by atoms with Gasteiger partial charge in [-0.1, -0.05) is 23.2 Å². The van der Waals surface area contributed by atoms with Crippen molar-refractivity contribution < 1.29 is 9.72 Å². The standard InChI is InChI=1S/C13H8Cl2N2O3/c14-9-5-10(15)7-11(6-9)16-13(18)8-1-3-12(4-2-8)17(19)20/h1-7H,(H,16,18). The van der Waals surface area contributed by atoms with Crippen LogP contribution < -0.4 is 5.32 Å². The predicted octanol–water partition coefficient (Wildman–Crippen LogP) is 4.15. The fourth-order valence-electron chi connectivity index (χ4n) is 1.56. The van der Waals surface area contributed by atoms with Gasteiger partial charge in [0.2, 0.25) is 0 Å². The van der Waals surface area contributed by atoms with E-state index in [1.165, 1.54) is 24.3 Å². The van der Waals surface area contributed by atoms with Gasteiger partial charge in [-0.3, -0.25) is 14.9 Å². The van der Waals surface area contributed by atoms with Gasteiger partial charge in [-0.05, 0) is 30.3 Å². The lowest BCUT2D eigenvalue weighted by Crippen LogP contribution is -2.11. The highest BCUT2D eigenvalue weighted by atomic mass is 35.5. The number of halogens is 2. The smallest absolute Gasteiger partial charge is 0.269 e. The van der Waals surface area contributed by atoms with Crippen molar-refractivity contribution in [2.75, 3.05) is 5.32 Å². The van der Waals surface area contributed by atoms with E-state index >= 15 is 0 Å². The summed E-state index contributed by atoms with van der Waals surface area (Å²) in [5.74, 6) is -0.404. The van der Waals surface area contributed by atoms with Crippen LogP contribution in [0.1, 0.15) is 10.4 Å². The van der Waals surface area contributed by atoms with E-state index in [4.69, 9.17) is 23.2 Å². The molecule has 0 atom stereocenters. The highest BCUT2D eigenvalue weighted by Gasteiger charge is 2.10. The molecule has 1 amide bonds. The van der Waals surface area contributed by atoms with Gasteiger partial charge in [0.25, 0.3) is 11.6 Å². The van der Waals surface area contributed by atoms with E-state index in [-0.39, 0.29) is 5.69 Å². The number of benzene rings is 2. The van der Waals surface area contributed by atoms with Crippen molar-refractivity contribution in [3.05, 3.63) is 68.2 Å². The molecule has 0 unspecified atom stereocenters. The summed E-state index contributed by atoms with van der Waals surface area (Å²) in [7, 11) is 0. The molecule has 0 saturated heterocycles. The van der Waals surface area contributed by atoms with Crippen LogP contribution in [0.2, 0.25) is 10.0 Å². The molecule has 20 heavy (non-hydrogen) atoms. The monoisotopic (exact) mass is 310 g/mol. The maximum atomic E-state index is 12.0. The second-order valence-corrected chi connectivity index (χ2v) is 4.79. The summed E-state index contributed by atoms with van der Waals surface area (Å²) >= 11 is 11.6. The van der Waals surface area contributed by atoms with E-state index in [1.54, 1.807) is 18.2 Å². The molecule has 0 aliphatic heterocycles. The van der Waals surface area contributed by atoms with E-state index in [2.05, 4.69) is 5.32 Å². The molecule has 0 fully saturated rings. The number of hydrogen-bond acceptors (Lipinski definition) is 3. The lowest BCUT2D eigenvalue weighted by Gasteiger charge is -2.06. The van der Waals surface area contributed by atoms with Crippen molar-refractivity contribution in [1.82, 2.24) is 0 Å². The van der Waals surface area contributed by atoms with Crippen LogP contribution in [0.15, 0.2) is 42.5 Å². The average Bonchev–Trinajstić information content (AvgIpc) is 2.37. The van der Waals surface area contributed by atoms with Gasteiger partial charge in [0.1, 0.15) is 0 Å². The fourth-order valence-corrected chi connectivity index (χ4v) is 2.09. The van der Waals surface area contributed by atoms with Gasteiger partial charge in [0, 0.05) is 33.4 Å². The second-order valence-electron chi connectivity index (χ2n) is 3.92. The van der Waals surface area contributed by atoms with Crippen LogP contribution in [0.5, 0.6) is 0 Å². The molecule has 2 rings (SSSR count). The Bertz CT molecular complexity index is 652. The van der Waals surface area contributed by atoms with E-state index in [1.807, 2.05) is 0 Å². The molecule has 7 heteroatoms. The number of nitrogens with zero attached hydrogens (tertiary/aromatic N) is 1. The Morgan fingerprint density at radius 3 is 2.10 bits per heavy atom. The van der Waals surface area contributed by atoms with Gasteiger partial charge in [0.15, 0.2) is 0 Å². The van der Waals surface area contributed by atoms with Gasteiger partial charge in [0.05, 0.1) is 4.92 Å². The Kier molecular flexibility index (Phi) is 4.22. The van der Waals surface area contributed by atoms with Gasteiger partial charge in [-0.15, -0.1) is 0 Å². The number of anilines is 1. The molecule has 0 bridgehead atoms. The number of amides is 1. The highest BCUT2D eigenvalue weighted by molar-refractivity contribution is 6.35. The lowest BCUT2D eigenvalue weighted by molar-refractivity contribution is -0.384. The molecule has 2 aromatic carbocycles. The van der Waals surface area contributed by atoms with Crippen molar-refractivity contribution in [1.29, 1.82) is 0 Å². The summed E-state index contributed by atoms with van der Waals surface area (Å²) in [4.78, 5) is 21.9. The third kappa shape index (κ3) is 3.46. The lowest BCUT2D eigenvalue weighted by atomic mass is 10.2. The first kappa shape index (κ1) is 14.3. The third-order valence-electron chi connectivity index (χ3n) is 2.46. The maximum Gasteiger partial charge on any atom is 0.269 e. The van der Waals surface area contributed by atoms with Crippen LogP contribution in [-0.4, -0.2) is 10.8 Å². The summed E-state index contributed by atoms with van der Waals surface area (Å²) in [5, 5.41) is 13.9. The maximum absolute atomic E-state index is 12.0. The molecular formula is C13H8Cl2N2O3. The number of non-ortho nitro benzene ring substituents is 1. The number of carbonyl (C=O) groups excluding carboxylic acids is 1. The van der Waals surface area contributed by atoms with Crippen molar-refractivity contribution in [2.24, 2.45) is 0 Å². The van der Waals surface area contributed by atoms with Crippen molar-refractivity contribution in [3.63, 3.8) is 0 Å². The first-order chi connectivity index (χ1) is 9.45. The zero-order valence-corrected chi connectivity index (χ0v) is 11.5. The number of nitrogens with one attached hydrogen (secondary N) is 1. The normalized spacial score (nSPS) is 10.1. The molecular weight excluding hydrogens is 303 g/mol. The molecule has 102 valence electrons. The molecule has 0 aromatic heterocycles. The Morgan fingerprint density at radius 2 is 1.60 bits per heavy atom. The van der Waals surface area contributed by atoms with Crippen LogP contribution in [0.3, 0.4) is 0 Å². The molecule has 0 heterocycles. The number of hydrogen-bond donors (Lipinski definition) is 1. The third-order valence-corrected chi connectivity index (χ3v) is 2.90. The summed E-state index contributed by atoms with van der Waals surface area (Å²) < 4.78 is 0. The number of nitro groups is 1. The molecule has 0 aliphatic rings. The molecule has 5 nitrogen and oxygen atoms in total. The average molecular weight is 311 g/mol. The number of nitro benzene ring substituents is 1. The molecule has 0 spiro atoms. The quantitative estimate of drug-likeness (QED) is 0.683. The topological polar surface area (TPSA) is 72.2 Å². The second kappa shape index (κ2) is 5.90. The van der Waals surface area contributed by atoms with Crippen LogP contribution in [0.4, 0.5) is 11.4 Å². The van der Waals surface area contributed by atoms with E-state index in [9.17, 15) is 14.9 Å². The minimum atomic E-state index is -0.529. The van der Waals surface area contributed by atoms with Crippen LogP contribution >= 0.6 is 23.2 Å². The van der Waals surface area contributed by atoms with Gasteiger partial charge < -0.3 is 5.32 Å². The van der Waals surface area contributed by atoms with Crippen molar-refractivity contribution in [3.8, 4) is 0 Å². The van der Waals surface area contributed by atoms with Crippen LogP contribution in [0.25, 0.3) is 0 Å². The zero-order chi connectivity index (χ0) is 14.7. The Morgan fingerprint density at radius 1 is 1.05 bits per heavy atom. The molecule has 0 radical (unpaired) electrons. The summed E-state index contributed by atoms with van der Waals surface area (Å²) in [6, 6.07) is 9.93. The molecule has 2 aromatic rings. The first-order valence-electron chi connectivity index (χ1n) is 5.47. The zero-order valence-electron chi connectivity index (χ0n) is 9.97. The minimum Gasteiger partial charge on any atom is -0.322 e. The number of carbonyl (C=O) groups is 1. The summed E-state index contributed by atoms with van der Waals surface area (Å²) in [6.07, 6.45) is 0. The summed E-state index contributed by atoms with van der Waals surface area (Å²) in [5.41, 5.74) is 0.671. The fraction of sp³-hybridized carbons (Fsp3) is 0. The van der Waals surface area contributed by atoms with Gasteiger partial charge in [-0.2, -0.15) is 0 Å². The van der Waals surface area contributed by atoms with Crippen molar-refractivity contribution >= 4 is 40.5 Å². The molecule has 1 N–H and O–H groups in total. The first-order valence-corrected chi connectivity index (χ1v) is 6.23. The Hall–Kier alpha value is -2.11. The van der Waals surface area contributed by atoms with Gasteiger partial charge >= 0.3 is 0 Å². The molecule has 0 aliphatic carbocycles. The van der Waals surface area contributed by atoms with E-state index in [0.717, 1.165) is 0 Å². The van der Waals surface area contributed by atoms with E-state index < -0.39 is 10.8 Å². The highest BCUT2D eigenvalue weighted by Crippen LogP contribution is 2.23. The van der Waals surface area contributed by atoms with Crippen molar-refractivity contribution in [2.45, 2.75) is 0 Å². The summed E-state index contributed by atoms with van der Waals surface area (Å²) in [6.45, 7) is 0. The molecule has 0 saturated carbocycles. The SMILES string of the molecule is O=C(Nc1cc(Cl)cc(Cl)c1)c1ccc([N+](=O)[O-])cc1. The van der Waals surface area contributed by atoms with E-state index in [0.29, 0.717) is 21.3 Å². The Labute approximate surface area is 124 Å².